The molecule has 0 saturated heterocycles. The number of hydrazone groups is 1. The molecule has 0 spiro atoms. The number of carbonyl (C=O) groups is 1. The Morgan fingerprint density at radius 2 is 1.65 bits per heavy atom. The molecular weight excluding hydrogens is 291 g/mol. The van der Waals surface area contributed by atoms with Crippen molar-refractivity contribution in [1.82, 2.24) is 5.43 Å². The molecular formula is C19H29FN2O. The third-order valence-corrected chi connectivity index (χ3v) is 3.81. The van der Waals surface area contributed by atoms with E-state index in [2.05, 4.69) is 17.5 Å². The predicted octanol–water partition coefficient (Wildman–Crippen LogP) is 5.20. The predicted molar refractivity (Wildman–Crippen MR) is 94.0 cm³/mol. The summed E-state index contributed by atoms with van der Waals surface area (Å²) in [6, 6.07) is 6.33. The van der Waals surface area contributed by atoms with Crippen LogP contribution in [0, 0.1) is 5.82 Å². The van der Waals surface area contributed by atoms with Crippen molar-refractivity contribution in [2.75, 3.05) is 0 Å². The average Bonchev–Trinajstić information content (AvgIpc) is 2.55. The largest absolute Gasteiger partial charge is 0.273 e. The summed E-state index contributed by atoms with van der Waals surface area (Å²) in [6.07, 6.45) is 12.8. The van der Waals surface area contributed by atoms with E-state index in [-0.39, 0.29) is 11.7 Å². The van der Waals surface area contributed by atoms with Gasteiger partial charge in [0.15, 0.2) is 0 Å². The molecule has 4 heteroatoms. The number of carbonyl (C=O) groups excluding carboxylic acids is 1. The minimum atomic E-state index is -0.343. The highest BCUT2D eigenvalue weighted by molar-refractivity contribution is 5.82. The van der Waals surface area contributed by atoms with Gasteiger partial charge in [-0.05, 0) is 12.5 Å². The summed E-state index contributed by atoms with van der Waals surface area (Å²) in [7, 11) is 0. The molecule has 0 aromatic heterocycles. The van der Waals surface area contributed by atoms with Gasteiger partial charge in [-0.3, -0.25) is 4.79 Å². The first kappa shape index (κ1) is 19.3. The van der Waals surface area contributed by atoms with Gasteiger partial charge in [0.2, 0.25) is 5.91 Å². The van der Waals surface area contributed by atoms with Crippen LogP contribution in [0.15, 0.2) is 29.4 Å². The molecule has 0 fully saturated rings. The number of hydrogen-bond acceptors (Lipinski definition) is 2. The monoisotopic (exact) mass is 320 g/mol. The summed E-state index contributed by atoms with van der Waals surface area (Å²) in [5.41, 5.74) is 2.82. The fourth-order valence-corrected chi connectivity index (χ4v) is 2.41. The number of hydrogen-bond donors (Lipinski definition) is 1. The van der Waals surface area contributed by atoms with Gasteiger partial charge in [0.25, 0.3) is 0 Å². The Labute approximate surface area is 139 Å². The van der Waals surface area contributed by atoms with Crippen LogP contribution in [0.3, 0.4) is 0 Å². The van der Waals surface area contributed by atoms with Gasteiger partial charge < -0.3 is 0 Å². The lowest BCUT2D eigenvalue weighted by Gasteiger charge is -2.02. The fraction of sp³-hybridized carbons (Fsp3) is 0.579. The van der Waals surface area contributed by atoms with Crippen LogP contribution in [0.5, 0.6) is 0 Å². The Bertz CT molecular complexity index is 474. The smallest absolute Gasteiger partial charge is 0.240 e. The van der Waals surface area contributed by atoms with Gasteiger partial charge in [0.05, 0.1) is 6.21 Å². The number of unbranched alkanes of at least 4 members (excludes halogenated alkanes) is 8. The van der Waals surface area contributed by atoms with Gasteiger partial charge in [0.1, 0.15) is 5.82 Å². The standard InChI is InChI=1S/C19H29FN2O/c1-2-3-4-5-6-7-8-9-10-15-19(23)22-21-16-17-13-11-12-14-18(17)20/h11-14,16H,2-10,15H2,1H3,(H,22,23). The first-order valence-corrected chi connectivity index (χ1v) is 8.80. The maximum absolute atomic E-state index is 13.3. The van der Waals surface area contributed by atoms with Gasteiger partial charge in [-0.1, -0.05) is 76.5 Å². The fourth-order valence-electron chi connectivity index (χ4n) is 2.41. The maximum Gasteiger partial charge on any atom is 0.240 e. The Morgan fingerprint density at radius 3 is 2.30 bits per heavy atom. The molecule has 0 aliphatic heterocycles. The minimum Gasteiger partial charge on any atom is -0.273 e. The van der Waals surface area contributed by atoms with Crippen molar-refractivity contribution >= 4 is 12.1 Å². The Balaban J connectivity index is 2.01. The minimum absolute atomic E-state index is 0.111. The second kappa shape index (κ2) is 12.8. The molecule has 1 aromatic carbocycles. The SMILES string of the molecule is CCCCCCCCCCCC(=O)NN=Cc1ccccc1F. The lowest BCUT2D eigenvalue weighted by Crippen LogP contribution is -2.17. The van der Waals surface area contributed by atoms with E-state index in [4.69, 9.17) is 0 Å². The first-order chi connectivity index (χ1) is 11.2. The van der Waals surface area contributed by atoms with Gasteiger partial charge in [-0.25, -0.2) is 9.82 Å². The van der Waals surface area contributed by atoms with Crippen LogP contribution in [-0.2, 0) is 4.79 Å². The first-order valence-electron chi connectivity index (χ1n) is 8.80. The van der Waals surface area contributed by atoms with E-state index >= 15 is 0 Å². The van der Waals surface area contributed by atoms with Crippen molar-refractivity contribution in [3.63, 3.8) is 0 Å². The van der Waals surface area contributed by atoms with Gasteiger partial charge in [-0.2, -0.15) is 5.10 Å². The molecule has 0 aliphatic rings. The molecule has 0 heterocycles. The van der Waals surface area contributed by atoms with Crippen LogP contribution >= 0.6 is 0 Å². The molecule has 3 nitrogen and oxygen atoms in total. The van der Waals surface area contributed by atoms with Gasteiger partial charge >= 0.3 is 0 Å². The van der Waals surface area contributed by atoms with Crippen molar-refractivity contribution in [3.05, 3.63) is 35.6 Å². The van der Waals surface area contributed by atoms with Crippen LogP contribution in [0.25, 0.3) is 0 Å². The van der Waals surface area contributed by atoms with E-state index in [0.29, 0.717) is 12.0 Å². The number of rotatable bonds is 12. The van der Waals surface area contributed by atoms with E-state index in [1.165, 1.54) is 57.2 Å². The molecule has 0 unspecified atom stereocenters. The topological polar surface area (TPSA) is 41.5 Å². The summed E-state index contributed by atoms with van der Waals surface area (Å²) in [5, 5.41) is 3.79. The number of amides is 1. The van der Waals surface area contributed by atoms with Crippen molar-refractivity contribution in [1.29, 1.82) is 0 Å². The number of nitrogens with one attached hydrogen (secondary N) is 1. The Morgan fingerprint density at radius 1 is 1.04 bits per heavy atom. The molecule has 1 amide bonds. The molecule has 128 valence electrons. The van der Waals surface area contributed by atoms with Crippen molar-refractivity contribution in [2.45, 2.75) is 71.1 Å². The van der Waals surface area contributed by atoms with Crippen LogP contribution in [0.1, 0.15) is 76.7 Å². The van der Waals surface area contributed by atoms with E-state index in [1.54, 1.807) is 18.2 Å². The quantitative estimate of drug-likeness (QED) is 0.321. The van der Waals surface area contributed by atoms with Gasteiger partial charge in [0, 0.05) is 12.0 Å². The van der Waals surface area contributed by atoms with Crippen LogP contribution in [0.2, 0.25) is 0 Å². The maximum atomic E-state index is 13.3. The number of nitrogens with zero attached hydrogens (tertiary/aromatic N) is 1. The van der Waals surface area contributed by atoms with Crippen LogP contribution in [0.4, 0.5) is 4.39 Å². The summed E-state index contributed by atoms with van der Waals surface area (Å²) in [5.74, 6) is -0.454. The third-order valence-electron chi connectivity index (χ3n) is 3.81. The molecule has 1 N–H and O–H groups in total. The van der Waals surface area contributed by atoms with Crippen LogP contribution < -0.4 is 5.43 Å². The van der Waals surface area contributed by atoms with Gasteiger partial charge in [-0.15, -0.1) is 0 Å². The molecule has 0 bridgehead atoms. The van der Waals surface area contributed by atoms with Crippen molar-refractivity contribution in [3.8, 4) is 0 Å². The average molecular weight is 320 g/mol. The van der Waals surface area contributed by atoms with Crippen LogP contribution in [-0.4, -0.2) is 12.1 Å². The highest BCUT2D eigenvalue weighted by Crippen LogP contribution is 2.10. The molecule has 0 atom stereocenters. The lowest BCUT2D eigenvalue weighted by atomic mass is 10.1. The Hall–Kier alpha value is -1.71. The second-order valence-corrected chi connectivity index (χ2v) is 5.89. The van der Waals surface area contributed by atoms with Crippen molar-refractivity contribution in [2.24, 2.45) is 5.10 Å². The zero-order chi connectivity index (χ0) is 16.8. The zero-order valence-corrected chi connectivity index (χ0v) is 14.2. The van der Waals surface area contributed by atoms with E-state index in [0.717, 1.165) is 12.8 Å². The lowest BCUT2D eigenvalue weighted by molar-refractivity contribution is -0.121. The molecule has 1 aromatic rings. The van der Waals surface area contributed by atoms with Crippen molar-refractivity contribution < 1.29 is 9.18 Å². The van der Waals surface area contributed by atoms with E-state index < -0.39 is 0 Å². The Kier molecular flexibility index (Phi) is 10.8. The molecule has 23 heavy (non-hydrogen) atoms. The second-order valence-electron chi connectivity index (χ2n) is 5.89. The number of halogens is 1. The molecule has 0 saturated carbocycles. The molecule has 0 radical (unpaired) electrons. The summed E-state index contributed by atoms with van der Waals surface area (Å²) < 4.78 is 13.3. The third kappa shape index (κ3) is 9.82. The van der Waals surface area contributed by atoms with E-state index in [9.17, 15) is 9.18 Å². The zero-order valence-electron chi connectivity index (χ0n) is 14.2. The highest BCUT2D eigenvalue weighted by atomic mass is 19.1. The van der Waals surface area contributed by atoms with E-state index in [1.807, 2.05) is 0 Å². The normalized spacial score (nSPS) is 11.0. The summed E-state index contributed by atoms with van der Waals surface area (Å²) in [4.78, 5) is 11.6. The summed E-state index contributed by atoms with van der Waals surface area (Å²) in [6.45, 7) is 2.23. The molecule has 1 rings (SSSR count). The highest BCUT2D eigenvalue weighted by Gasteiger charge is 2.00. The molecule has 0 aliphatic carbocycles. The summed E-state index contributed by atoms with van der Waals surface area (Å²) >= 11 is 0. The number of benzene rings is 1.